The first-order valence-electron chi connectivity index (χ1n) is 15.1. The summed E-state index contributed by atoms with van der Waals surface area (Å²) in [4.78, 5) is 33.4. The summed E-state index contributed by atoms with van der Waals surface area (Å²) < 4.78 is 16.4. The Labute approximate surface area is 259 Å². The van der Waals surface area contributed by atoms with E-state index in [4.69, 9.17) is 14.2 Å². The van der Waals surface area contributed by atoms with E-state index in [-0.39, 0.29) is 5.91 Å². The summed E-state index contributed by atoms with van der Waals surface area (Å²) in [5.74, 6) is 1.24. The van der Waals surface area contributed by atoms with Gasteiger partial charge >= 0.3 is 6.03 Å². The highest BCUT2D eigenvalue weighted by Gasteiger charge is 2.24. The lowest BCUT2D eigenvalue weighted by Crippen LogP contribution is -2.47. The maximum atomic E-state index is 13.6. The second-order valence-electron chi connectivity index (χ2n) is 10.7. The number of urea groups is 1. The number of morpholine rings is 1. The quantitative estimate of drug-likeness (QED) is 0.282. The van der Waals surface area contributed by atoms with Gasteiger partial charge < -0.3 is 40.0 Å². The Morgan fingerprint density at radius 2 is 1.43 bits per heavy atom. The van der Waals surface area contributed by atoms with Gasteiger partial charge in [0.05, 0.1) is 44.4 Å². The Hall–Kier alpha value is -4.48. The molecule has 2 aliphatic rings. The fourth-order valence-corrected chi connectivity index (χ4v) is 5.61. The third-order valence-electron chi connectivity index (χ3n) is 7.94. The highest BCUT2D eigenvalue weighted by atomic mass is 16.5. The monoisotopic (exact) mass is 602 g/mol. The lowest BCUT2D eigenvalue weighted by Gasteiger charge is -2.38. The third-order valence-corrected chi connectivity index (χ3v) is 7.94. The number of carbonyl (C=O) groups is 2. The van der Waals surface area contributed by atoms with Crippen LogP contribution in [-0.2, 0) is 4.74 Å². The van der Waals surface area contributed by atoms with Crippen molar-refractivity contribution in [3.05, 3.63) is 72.3 Å². The molecule has 44 heavy (non-hydrogen) atoms. The molecule has 11 nitrogen and oxygen atoms in total. The number of benzene rings is 3. The van der Waals surface area contributed by atoms with Crippen molar-refractivity contribution in [2.45, 2.75) is 6.42 Å². The number of piperazine rings is 1. The molecule has 0 saturated carbocycles. The van der Waals surface area contributed by atoms with Crippen molar-refractivity contribution in [3.8, 4) is 11.5 Å². The number of ether oxygens (including phenoxy) is 3. The minimum atomic E-state index is -0.426. The molecule has 2 aliphatic heterocycles. The van der Waals surface area contributed by atoms with Crippen LogP contribution in [0.25, 0.3) is 0 Å². The number of hydrogen-bond acceptors (Lipinski definition) is 8. The largest absolute Gasteiger partial charge is 0.495 e. The average Bonchev–Trinajstić information content (AvgIpc) is 3.07. The summed E-state index contributed by atoms with van der Waals surface area (Å²) in [6, 6.07) is 20.3. The molecule has 3 N–H and O–H groups in total. The Kier molecular flexibility index (Phi) is 10.8. The van der Waals surface area contributed by atoms with Gasteiger partial charge in [-0.3, -0.25) is 9.69 Å². The SMILES string of the molecule is COc1ccccc1NC(=O)Nc1ccc(N2CCN(c3ccccc3OC)CC2)c(C(=O)NCCCN2CCOCC2)c1. The Morgan fingerprint density at radius 3 is 2.16 bits per heavy atom. The number of nitrogens with one attached hydrogen (secondary N) is 3. The third kappa shape index (κ3) is 7.91. The lowest BCUT2D eigenvalue weighted by atomic mass is 10.1. The number of rotatable bonds is 11. The van der Waals surface area contributed by atoms with Crippen LogP contribution in [0.4, 0.5) is 27.5 Å². The molecular weight excluding hydrogens is 560 g/mol. The average molecular weight is 603 g/mol. The van der Waals surface area contributed by atoms with Crippen LogP contribution in [0.1, 0.15) is 16.8 Å². The molecule has 2 heterocycles. The molecular formula is C33H42N6O5. The first kappa shape index (κ1) is 31.0. The second kappa shape index (κ2) is 15.3. The van der Waals surface area contributed by atoms with Crippen LogP contribution in [0, 0.1) is 0 Å². The predicted octanol–water partition coefficient (Wildman–Crippen LogP) is 4.13. The fraction of sp³-hybridized carbons (Fsp3) is 0.394. The van der Waals surface area contributed by atoms with E-state index in [2.05, 4.69) is 36.7 Å². The predicted molar refractivity (Wildman–Crippen MR) is 174 cm³/mol. The number of anilines is 4. The van der Waals surface area contributed by atoms with E-state index in [1.165, 1.54) is 0 Å². The van der Waals surface area contributed by atoms with Crippen molar-refractivity contribution < 1.29 is 23.8 Å². The zero-order valence-electron chi connectivity index (χ0n) is 25.5. The van der Waals surface area contributed by atoms with Crippen LogP contribution in [-0.4, -0.2) is 96.6 Å². The standard InChI is InChI=1S/C33H42N6O5/c1-42-30-10-5-3-8-27(30)36-33(41)35-25-12-13-28(26(24-25)32(40)34-14-7-15-37-20-22-44-23-21-37)38-16-18-39(19-17-38)29-9-4-6-11-31(29)43-2/h3-6,8-13,24H,7,14-23H2,1-2H3,(H,34,40)(H2,35,36,41). The number of methoxy groups -OCH3 is 2. The smallest absolute Gasteiger partial charge is 0.323 e. The lowest BCUT2D eigenvalue weighted by molar-refractivity contribution is 0.0374. The van der Waals surface area contributed by atoms with E-state index in [9.17, 15) is 9.59 Å². The zero-order chi connectivity index (χ0) is 30.7. The van der Waals surface area contributed by atoms with Crippen molar-refractivity contribution in [3.63, 3.8) is 0 Å². The number of nitrogens with zero attached hydrogens (tertiary/aromatic N) is 3. The maximum absolute atomic E-state index is 13.6. The molecule has 5 rings (SSSR count). The van der Waals surface area contributed by atoms with E-state index >= 15 is 0 Å². The van der Waals surface area contributed by atoms with E-state index in [1.807, 2.05) is 42.5 Å². The summed E-state index contributed by atoms with van der Waals surface area (Å²) in [7, 11) is 3.24. The van der Waals surface area contributed by atoms with Crippen molar-refractivity contribution >= 4 is 34.7 Å². The number of hydrogen-bond donors (Lipinski definition) is 3. The van der Waals surface area contributed by atoms with E-state index < -0.39 is 6.03 Å². The first-order chi connectivity index (χ1) is 21.6. The van der Waals surface area contributed by atoms with Crippen LogP contribution < -0.4 is 35.2 Å². The second-order valence-corrected chi connectivity index (χ2v) is 10.7. The highest BCUT2D eigenvalue weighted by molar-refractivity contribution is 6.04. The van der Waals surface area contributed by atoms with Crippen LogP contribution in [0.2, 0.25) is 0 Å². The number of carbonyl (C=O) groups excluding carboxylic acids is 2. The Balaban J connectivity index is 1.28. The molecule has 0 aliphatic carbocycles. The van der Waals surface area contributed by atoms with Crippen LogP contribution in [0.5, 0.6) is 11.5 Å². The van der Waals surface area contributed by atoms with Gasteiger partial charge in [-0.15, -0.1) is 0 Å². The van der Waals surface area contributed by atoms with E-state index in [0.717, 1.165) is 82.6 Å². The Morgan fingerprint density at radius 1 is 0.773 bits per heavy atom. The topological polar surface area (TPSA) is 108 Å². The fourth-order valence-electron chi connectivity index (χ4n) is 5.61. The van der Waals surface area contributed by atoms with Crippen LogP contribution >= 0.6 is 0 Å². The maximum Gasteiger partial charge on any atom is 0.323 e. The van der Waals surface area contributed by atoms with Gasteiger partial charge in [0, 0.05) is 57.2 Å². The van der Waals surface area contributed by atoms with Gasteiger partial charge in [-0.2, -0.15) is 0 Å². The minimum Gasteiger partial charge on any atom is -0.495 e. The molecule has 3 aromatic carbocycles. The van der Waals surface area contributed by atoms with Crippen LogP contribution in [0.3, 0.4) is 0 Å². The normalized spacial score (nSPS) is 15.4. The molecule has 2 fully saturated rings. The van der Waals surface area contributed by atoms with Gasteiger partial charge in [0.25, 0.3) is 5.91 Å². The van der Waals surface area contributed by atoms with Gasteiger partial charge in [-0.1, -0.05) is 24.3 Å². The summed E-state index contributed by atoms with van der Waals surface area (Å²) in [6.45, 7) is 7.84. The summed E-state index contributed by atoms with van der Waals surface area (Å²) in [5, 5.41) is 8.81. The first-order valence-corrected chi connectivity index (χ1v) is 15.1. The molecule has 0 atom stereocenters. The van der Waals surface area contributed by atoms with Gasteiger partial charge in [0.2, 0.25) is 0 Å². The molecule has 0 bridgehead atoms. The minimum absolute atomic E-state index is 0.164. The summed E-state index contributed by atoms with van der Waals surface area (Å²) in [6.07, 6.45) is 0.845. The molecule has 11 heteroatoms. The molecule has 3 amide bonds. The zero-order valence-corrected chi connectivity index (χ0v) is 25.5. The molecule has 2 saturated heterocycles. The van der Waals surface area contributed by atoms with Crippen molar-refractivity contribution in [2.24, 2.45) is 0 Å². The Bertz CT molecular complexity index is 1400. The van der Waals surface area contributed by atoms with Gasteiger partial charge in [-0.05, 0) is 55.4 Å². The molecule has 0 spiro atoms. The number of amides is 3. The van der Waals surface area contributed by atoms with Gasteiger partial charge in [0.1, 0.15) is 11.5 Å². The molecule has 0 aromatic heterocycles. The molecule has 234 valence electrons. The molecule has 0 radical (unpaired) electrons. The van der Waals surface area contributed by atoms with Crippen LogP contribution in [0.15, 0.2) is 66.7 Å². The van der Waals surface area contributed by atoms with E-state index in [0.29, 0.717) is 29.2 Å². The highest BCUT2D eigenvalue weighted by Crippen LogP contribution is 2.31. The van der Waals surface area contributed by atoms with Crippen molar-refractivity contribution in [2.75, 3.05) is 100 Å². The van der Waals surface area contributed by atoms with Gasteiger partial charge in [-0.25, -0.2) is 4.79 Å². The van der Waals surface area contributed by atoms with Crippen molar-refractivity contribution in [1.82, 2.24) is 10.2 Å². The molecule has 0 unspecified atom stereocenters. The number of para-hydroxylation sites is 4. The van der Waals surface area contributed by atoms with Gasteiger partial charge in [0.15, 0.2) is 0 Å². The summed E-state index contributed by atoms with van der Waals surface area (Å²) in [5.41, 5.74) is 3.50. The summed E-state index contributed by atoms with van der Waals surface area (Å²) >= 11 is 0. The van der Waals surface area contributed by atoms with E-state index in [1.54, 1.807) is 32.4 Å². The van der Waals surface area contributed by atoms with Crippen molar-refractivity contribution in [1.29, 1.82) is 0 Å². The molecule has 3 aromatic rings.